The molecule has 0 atom stereocenters. The number of nitrogens with one attached hydrogen (secondary N) is 1. The molecular weight excluding hydrogens is 465 g/mol. The van der Waals surface area contributed by atoms with E-state index < -0.39 is 15.7 Å². The van der Waals surface area contributed by atoms with Crippen molar-refractivity contribution >= 4 is 27.3 Å². The van der Waals surface area contributed by atoms with Gasteiger partial charge in [0.05, 0.1) is 26.9 Å². The van der Waals surface area contributed by atoms with Gasteiger partial charge in [-0.15, -0.1) is 0 Å². The Hall–Kier alpha value is -3.49. The second-order valence-corrected chi connectivity index (χ2v) is 9.81. The summed E-state index contributed by atoms with van der Waals surface area (Å²) >= 11 is 6.14. The van der Waals surface area contributed by atoms with Crippen molar-refractivity contribution in [1.29, 1.82) is 0 Å². The quantitative estimate of drug-likeness (QED) is 0.432. The molecule has 0 bridgehead atoms. The van der Waals surface area contributed by atoms with Gasteiger partial charge in [0.25, 0.3) is 5.91 Å². The zero-order valence-electron chi connectivity index (χ0n) is 17.5. The fraction of sp³-hybridized carbons (Fsp3) is 0.0833. The Balaban J connectivity index is 1.66. The minimum atomic E-state index is -3.50. The number of hydrogen-bond donors (Lipinski definition) is 1. The van der Waals surface area contributed by atoms with Gasteiger partial charge in [0.2, 0.25) is 0 Å². The van der Waals surface area contributed by atoms with Gasteiger partial charge in [0.15, 0.2) is 9.84 Å². The lowest BCUT2D eigenvalue weighted by Gasteiger charge is -2.09. The van der Waals surface area contributed by atoms with E-state index in [1.54, 1.807) is 23.0 Å². The van der Waals surface area contributed by atoms with E-state index in [0.29, 0.717) is 16.8 Å². The first-order chi connectivity index (χ1) is 15.7. The fourth-order valence-corrected chi connectivity index (χ4v) is 4.13. The van der Waals surface area contributed by atoms with Crippen LogP contribution in [-0.2, 0) is 16.4 Å². The Kier molecular flexibility index (Phi) is 6.31. The molecule has 3 aromatic carbocycles. The molecule has 4 aromatic rings. The van der Waals surface area contributed by atoms with Crippen LogP contribution < -0.4 is 5.32 Å². The summed E-state index contributed by atoms with van der Waals surface area (Å²) in [5.41, 5.74) is 2.83. The smallest absolute Gasteiger partial charge is 0.253 e. The van der Waals surface area contributed by atoms with E-state index in [9.17, 15) is 17.6 Å². The number of para-hydroxylation sites is 1. The van der Waals surface area contributed by atoms with Crippen LogP contribution in [0.5, 0.6) is 0 Å². The molecule has 0 saturated carbocycles. The minimum absolute atomic E-state index is 0.000878. The Morgan fingerprint density at radius 2 is 1.76 bits per heavy atom. The number of benzene rings is 3. The van der Waals surface area contributed by atoms with Crippen LogP contribution in [-0.4, -0.2) is 30.4 Å². The Bertz CT molecular complexity index is 1420. The zero-order valence-corrected chi connectivity index (χ0v) is 19.1. The highest BCUT2D eigenvalue weighted by Crippen LogP contribution is 2.25. The first kappa shape index (κ1) is 22.7. The second-order valence-electron chi connectivity index (χ2n) is 7.39. The largest absolute Gasteiger partial charge is 0.348 e. The maximum Gasteiger partial charge on any atom is 0.253 e. The highest BCUT2D eigenvalue weighted by atomic mass is 35.5. The van der Waals surface area contributed by atoms with Crippen LogP contribution in [0.25, 0.3) is 16.9 Å². The van der Waals surface area contributed by atoms with Gasteiger partial charge in [-0.25, -0.2) is 17.5 Å². The summed E-state index contributed by atoms with van der Waals surface area (Å²) < 4.78 is 38.8. The van der Waals surface area contributed by atoms with E-state index in [4.69, 9.17) is 11.6 Å². The molecule has 0 radical (unpaired) electrons. The Morgan fingerprint density at radius 3 is 2.42 bits per heavy atom. The predicted octanol–water partition coefficient (Wildman–Crippen LogP) is 4.67. The number of halogens is 2. The van der Waals surface area contributed by atoms with Crippen LogP contribution in [0.1, 0.15) is 15.9 Å². The maximum absolute atomic E-state index is 13.4. The van der Waals surface area contributed by atoms with Crippen molar-refractivity contribution in [2.24, 2.45) is 0 Å². The van der Waals surface area contributed by atoms with E-state index in [0.717, 1.165) is 11.9 Å². The molecule has 0 fully saturated rings. The summed E-state index contributed by atoms with van der Waals surface area (Å²) in [4.78, 5) is 12.8. The first-order valence-electron chi connectivity index (χ1n) is 9.90. The van der Waals surface area contributed by atoms with Gasteiger partial charge in [0.1, 0.15) is 5.82 Å². The monoisotopic (exact) mass is 483 g/mol. The number of sulfone groups is 1. The minimum Gasteiger partial charge on any atom is -0.348 e. The zero-order chi connectivity index (χ0) is 23.6. The molecule has 1 aromatic heterocycles. The summed E-state index contributed by atoms with van der Waals surface area (Å²) in [5.74, 6) is -0.889. The topological polar surface area (TPSA) is 81.1 Å². The molecule has 1 amide bonds. The van der Waals surface area contributed by atoms with Crippen molar-refractivity contribution in [3.63, 3.8) is 0 Å². The number of rotatable bonds is 6. The van der Waals surface area contributed by atoms with Crippen LogP contribution >= 0.6 is 11.6 Å². The van der Waals surface area contributed by atoms with Crippen LogP contribution in [0.3, 0.4) is 0 Å². The van der Waals surface area contributed by atoms with Crippen LogP contribution in [0.4, 0.5) is 4.39 Å². The SMILES string of the molecule is CS(=O)(=O)c1ccc(Cl)c(C(=O)NCc2cn(-c3ccccc3)nc2-c2ccc(F)cc2)c1. The second kappa shape index (κ2) is 9.17. The molecule has 9 heteroatoms. The summed E-state index contributed by atoms with van der Waals surface area (Å²) in [5, 5.41) is 7.55. The number of amides is 1. The highest BCUT2D eigenvalue weighted by molar-refractivity contribution is 7.90. The molecule has 0 aliphatic carbocycles. The number of aromatic nitrogens is 2. The van der Waals surface area contributed by atoms with E-state index in [1.165, 1.54) is 30.3 Å². The van der Waals surface area contributed by atoms with Crippen LogP contribution in [0.2, 0.25) is 5.02 Å². The third-order valence-corrected chi connectivity index (χ3v) is 6.42. The molecule has 33 heavy (non-hydrogen) atoms. The lowest BCUT2D eigenvalue weighted by molar-refractivity contribution is 0.0951. The molecule has 0 unspecified atom stereocenters. The van der Waals surface area contributed by atoms with E-state index in [1.807, 2.05) is 30.3 Å². The summed E-state index contributed by atoms with van der Waals surface area (Å²) in [6, 6.07) is 19.3. The molecule has 0 aliphatic heterocycles. The van der Waals surface area contributed by atoms with E-state index >= 15 is 0 Å². The molecule has 168 valence electrons. The van der Waals surface area contributed by atoms with Crippen molar-refractivity contribution in [3.05, 3.63) is 101 Å². The molecule has 4 rings (SSSR count). The number of carbonyl (C=O) groups is 1. The lowest BCUT2D eigenvalue weighted by atomic mass is 10.1. The molecule has 6 nitrogen and oxygen atoms in total. The Morgan fingerprint density at radius 1 is 1.06 bits per heavy atom. The van der Waals surface area contributed by atoms with Gasteiger partial charge in [-0.05, 0) is 54.6 Å². The van der Waals surface area contributed by atoms with Crippen molar-refractivity contribution in [2.45, 2.75) is 11.4 Å². The molecule has 1 heterocycles. The molecular formula is C24H19ClFN3O3S. The third-order valence-electron chi connectivity index (χ3n) is 4.98. The van der Waals surface area contributed by atoms with Crippen LogP contribution in [0, 0.1) is 5.82 Å². The molecule has 0 aliphatic rings. The summed E-state index contributed by atoms with van der Waals surface area (Å²) in [6.07, 6.45) is 2.84. The lowest BCUT2D eigenvalue weighted by Crippen LogP contribution is -2.23. The van der Waals surface area contributed by atoms with Gasteiger partial charge in [-0.3, -0.25) is 4.79 Å². The maximum atomic E-state index is 13.4. The summed E-state index contributed by atoms with van der Waals surface area (Å²) in [7, 11) is -3.50. The highest BCUT2D eigenvalue weighted by Gasteiger charge is 2.18. The molecule has 1 N–H and O–H groups in total. The molecule has 0 saturated heterocycles. The fourth-order valence-electron chi connectivity index (χ4n) is 3.28. The van der Waals surface area contributed by atoms with Crippen LogP contribution in [0.15, 0.2) is 83.9 Å². The van der Waals surface area contributed by atoms with Crippen molar-refractivity contribution in [1.82, 2.24) is 15.1 Å². The Labute approximate surface area is 195 Å². The molecule has 0 spiro atoms. The summed E-state index contributed by atoms with van der Waals surface area (Å²) in [6.45, 7) is 0.0950. The number of carbonyl (C=O) groups excluding carboxylic acids is 1. The standard InChI is InChI=1S/C24H19ClFN3O3S/c1-33(31,32)20-11-12-22(25)21(13-20)24(30)27-14-17-15-29(19-5-3-2-4-6-19)28-23(17)16-7-9-18(26)10-8-16/h2-13,15H,14H2,1H3,(H,27,30). The van der Waals surface area contributed by atoms with Gasteiger partial charge in [-0.1, -0.05) is 29.8 Å². The third kappa shape index (κ3) is 5.13. The normalized spacial score (nSPS) is 11.4. The van der Waals surface area contributed by atoms with Gasteiger partial charge >= 0.3 is 0 Å². The predicted molar refractivity (Wildman–Crippen MR) is 125 cm³/mol. The van der Waals surface area contributed by atoms with Crippen molar-refractivity contribution in [3.8, 4) is 16.9 Å². The average Bonchev–Trinajstić information content (AvgIpc) is 3.22. The average molecular weight is 484 g/mol. The van der Waals surface area contributed by atoms with Gasteiger partial charge in [-0.2, -0.15) is 5.10 Å². The number of nitrogens with zero attached hydrogens (tertiary/aromatic N) is 2. The number of hydrogen-bond acceptors (Lipinski definition) is 4. The van der Waals surface area contributed by atoms with Gasteiger partial charge in [0, 0.05) is 30.1 Å². The van der Waals surface area contributed by atoms with Gasteiger partial charge < -0.3 is 5.32 Å². The van der Waals surface area contributed by atoms with E-state index in [-0.39, 0.29) is 27.8 Å². The van der Waals surface area contributed by atoms with Crippen molar-refractivity contribution in [2.75, 3.05) is 6.26 Å². The van der Waals surface area contributed by atoms with Crippen molar-refractivity contribution < 1.29 is 17.6 Å². The van der Waals surface area contributed by atoms with E-state index in [2.05, 4.69) is 10.4 Å². The first-order valence-corrected chi connectivity index (χ1v) is 12.2.